The molecule has 0 fully saturated rings. The molecule has 7 heteroatoms. The molecular formula is C21H17N5OS. The number of carbonyl (C=O) groups is 1. The topological polar surface area (TPSA) is 75.9 Å². The van der Waals surface area contributed by atoms with E-state index in [-0.39, 0.29) is 11.0 Å². The standard InChI is InChI=1S/C21H17N5OS/c1-12(19(27)16-11-22-17-9-5-3-7-14(16)17)28-21-24-18-10-6-4-8-15(18)20-23-13(2)25-26(20)21/h3-12,22H,1-2H3/t12-/m0/s1. The van der Waals surface area contributed by atoms with Crippen molar-refractivity contribution in [1.29, 1.82) is 0 Å². The Balaban J connectivity index is 1.56. The molecule has 138 valence electrons. The summed E-state index contributed by atoms with van der Waals surface area (Å²) in [6.45, 7) is 3.76. The van der Waals surface area contributed by atoms with Crippen LogP contribution in [0.4, 0.5) is 0 Å². The molecule has 0 spiro atoms. The van der Waals surface area contributed by atoms with E-state index in [2.05, 4.69) is 15.1 Å². The van der Waals surface area contributed by atoms with Crippen LogP contribution in [0.2, 0.25) is 0 Å². The maximum atomic E-state index is 13.1. The quantitative estimate of drug-likeness (QED) is 0.280. The Morgan fingerprint density at radius 2 is 1.82 bits per heavy atom. The SMILES string of the molecule is Cc1nc2c3ccccc3nc(S[C@@H](C)C(=O)c3c[nH]c4ccccc34)n2n1. The first-order valence-electron chi connectivity index (χ1n) is 9.01. The molecule has 0 aliphatic heterocycles. The Labute approximate surface area is 165 Å². The second-order valence-electron chi connectivity index (χ2n) is 6.68. The molecule has 0 aliphatic carbocycles. The second kappa shape index (κ2) is 6.45. The maximum absolute atomic E-state index is 13.1. The van der Waals surface area contributed by atoms with Gasteiger partial charge in [0.2, 0.25) is 0 Å². The molecule has 0 unspecified atom stereocenters. The number of fused-ring (bicyclic) bond motifs is 4. The van der Waals surface area contributed by atoms with Crippen LogP contribution >= 0.6 is 11.8 Å². The number of hydrogen-bond acceptors (Lipinski definition) is 5. The van der Waals surface area contributed by atoms with Gasteiger partial charge in [0.1, 0.15) is 5.82 Å². The summed E-state index contributed by atoms with van der Waals surface area (Å²) in [6, 6.07) is 15.7. The van der Waals surface area contributed by atoms with Crippen LogP contribution in [0.1, 0.15) is 23.1 Å². The molecule has 0 saturated carbocycles. The average Bonchev–Trinajstić information content (AvgIpc) is 3.31. The van der Waals surface area contributed by atoms with Crippen molar-refractivity contribution in [3.63, 3.8) is 0 Å². The molecule has 0 amide bonds. The first-order chi connectivity index (χ1) is 13.6. The van der Waals surface area contributed by atoms with Gasteiger partial charge < -0.3 is 4.98 Å². The van der Waals surface area contributed by atoms with E-state index in [1.54, 1.807) is 10.7 Å². The van der Waals surface area contributed by atoms with Crippen molar-refractivity contribution in [3.05, 3.63) is 66.1 Å². The van der Waals surface area contributed by atoms with E-state index in [4.69, 9.17) is 4.98 Å². The average molecular weight is 387 g/mol. The van der Waals surface area contributed by atoms with E-state index in [9.17, 15) is 4.79 Å². The Morgan fingerprint density at radius 3 is 2.68 bits per heavy atom. The van der Waals surface area contributed by atoms with Crippen LogP contribution in [0.3, 0.4) is 0 Å². The zero-order chi connectivity index (χ0) is 19.3. The third kappa shape index (κ3) is 2.66. The predicted octanol–water partition coefficient (Wildman–Crippen LogP) is 4.43. The summed E-state index contributed by atoms with van der Waals surface area (Å²) in [4.78, 5) is 25.6. The van der Waals surface area contributed by atoms with Gasteiger partial charge in [-0.3, -0.25) is 4.79 Å². The summed E-state index contributed by atoms with van der Waals surface area (Å²) in [5.74, 6) is 0.734. The molecule has 2 aromatic carbocycles. The van der Waals surface area contributed by atoms with Crippen LogP contribution < -0.4 is 0 Å². The van der Waals surface area contributed by atoms with E-state index in [0.29, 0.717) is 16.5 Å². The van der Waals surface area contributed by atoms with Crippen LogP contribution in [0.5, 0.6) is 0 Å². The van der Waals surface area contributed by atoms with Gasteiger partial charge in [-0.1, -0.05) is 42.1 Å². The van der Waals surface area contributed by atoms with E-state index in [0.717, 1.165) is 27.5 Å². The highest BCUT2D eigenvalue weighted by Gasteiger charge is 2.22. The number of thioether (sulfide) groups is 1. The first-order valence-corrected chi connectivity index (χ1v) is 9.89. The normalized spacial score (nSPS) is 12.8. The number of benzene rings is 2. The number of H-pyrrole nitrogens is 1. The molecular weight excluding hydrogens is 370 g/mol. The van der Waals surface area contributed by atoms with Gasteiger partial charge in [0.15, 0.2) is 16.6 Å². The molecule has 3 heterocycles. The highest BCUT2D eigenvalue weighted by molar-refractivity contribution is 8.00. The van der Waals surface area contributed by atoms with Crippen LogP contribution in [0.25, 0.3) is 27.5 Å². The fourth-order valence-corrected chi connectivity index (χ4v) is 4.34. The lowest BCUT2D eigenvalue weighted by atomic mass is 10.1. The fraction of sp³-hybridized carbons (Fsp3) is 0.143. The number of aryl methyl sites for hydroxylation is 1. The van der Waals surface area contributed by atoms with Gasteiger partial charge in [-0.15, -0.1) is 5.10 Å². The number of aromatic nitrogens is 5. The Bertz CT molecular complexity index is 1350. The molecule has 5 rings (SSSR count). The molecule has 5 aromatic rings. The molecule has 0 radical (unpaired) electrons. The zero-order valence-electron chi connectivity index (χ0n) is 15.4. The minimum Gasteiger partial charge on any atom is -0.360 e. The summed E-state index contributed by atoms with van der Waals surface area (Å²) >= 11 is 1.40. The monoisotopic (exact) mass is 387 g/mol. The minimum absolute atomic E-state index is 0.0578. The van der Waals surface area contributed by atoms with Crippen molar-refractivity contribution >= 4 is 45.0 Å². The number of Topliss-reactive ketones (excluding diaryl/α,β-unsaturated/α-hetero) is 1. The van der Waals surface area contributed by atoms with Gasteiger partial charge in [0.05, 0.1) is 10.8 Å². The lowest BCUT2D eigenvalue weighted by molar-refractivity contribution is 0.0995. The molecule has 0 bridgehead atoms. The fourth-order valence-electron chi connectivity index (χ4n) is 3.42. The molecule has 0 saturated heterocycles. The Hall–Kier alpha value is -3.19. The van der Waals surface area contributed by atoms with Gasteiger partial charge in [0.25, 0.3) is 0 Å². The van der Waals surface area contributed by atoms with Crippen molar-refractivity contribution < 1.29 is 4.79 Å². The van der Waals surface area contributed by atoms with Crippen molar-refractivity contribution in [2.24, 2.45) is 0 Å². The number of carbonyl (C=O) groups excluding carboxylic acids is 1. The predicted molar refractivity (Wildman–Crippen MR) is 111 cm³/mol. The van der Waals surface area contributed by atoms with E-state index in [1.165, 1.54) is 11.8 Å². The van der Waals surface area contributed by atoms with Gasteiger partial charge in [0, 0.05) is 28.0 Å². The lowest BCUT2D eigenvalue weighted by Gasteiger charge is -2.11. The number of nitrogens with zero attached hydrogens (tertiary/aromatic N) is 4. The molecule has 28 heavy (non-hydrogen) atoms. The van der Waals surface area contributed by atoms with Gasteiger partial charge in [-0.05, 0) is 32.0 Å². The molecule has 1 atom stereocenters. The van der Waals surface area contributed by atoms with Crippen molar-refractivity contribution in [3.8, 4) is 0 Å². The molecule has 0 aliphatic rings. The number of hydrogen-bond donors (Lipinski definition) is 1. The van der Waals surface area contributed by atoms with Gasteiger partial charge in [-0.2, -0.15) is 4.52 Å². The van der Waals surface area contributed by atoms with Crippen molar-refractivity contribution in [2.45, 2.75) is 24.3 Å². The Kier molecular flexibility index (Phi) is 3.91. The second-order valence-corrected chi connectivity index (χ2v) is 7.99. The first kappa shape index (κ1) is 16.9. The highest BCUT2D eigenvalue weighted by atomic mass is 32.2. The summed E-state index contributed by atoms with van der Waals surface area (Å²) in [6.07, 6.45) is 1.78. The summed E-state index contributed by atoms with van der Waals surface area (Å²) in [5, 5.41) is 6.72. The van der Waals surface area contributed by atoms with E-state index < -0.39 is 0 Å². The number of nitrogens with one attached hydrogen (secondary N) is 1. The number of ketones is 1. The highest BCUT2D eigenvalue weighted by Crippen LogP contribution is 2.29. The number of aromatic amines is 1. The number of rotatable bonds is 4. The van der Waals surface area contributed by atoms with E-state index >= 15 is 0 Å². The molecule has 1 N–H and O–H groups in total. The third-order valence-electron chi connectivity index (χ3n) is 4.76. The third-order valence-corrected chi connectivity index (χ3v) is 5.80. The molecule has 6 nitrogen and oxygen atoms in total. The van der Waals surface area contributed by atoms with Gasteiger partial charge >= 0.3 is 0 Å². The zero-order valence-corrected chi connectivity index (χ0v) is 16.2. The smallest absolute Gasteiger partial charge is 0.192 e. The van der Waals surface area contributed by atoms with Crippen LogP contribution in [0.15, 0.2) is 59.9 Å². The summed E-state index contributed by atoms with van der Waals surface area (Å²) < 4.78 is 1.74. The molecule has 3 aromatic heterocycles. The Morgan fingerprint density at radius 1 is 1.07 bits per heavy atom. The minimum atomic E-state index is -0.319. The van der Waals surface area contributed by atoms with Crippen molar-refractivity contribution in [2.75, 3.05) is 0 Å². The van der Waals surface area contributed by atoms with Crippen LogP contribution in [0, 0.1) is 6.92 Å². The maximum Gasteiger partial charge on any atom is 0.192 e. The van der Waals surface area contributed by atoms with Crippen LogP contribution in [-0.2, 0) is 0 Å². The van der Waals surface area contributed by atoms with E-state index in [1.807, 2.05) is 62.4 Å². The lowest BCUT2D eigenvalue weighted by Crippen LogP contribution is -2.14. The summed E-state index contributed by atoms with van der Waals surface area (Å²) in [5.41, 5.74) is 3.26. The summed E-state index contributed by atoms with van der Waals surface area (Å²) in [7, 11) is 0. The number of para-hydroxylation sites is 2. The van der Waals surface area contributed by atoms with Crippen LogP contribution in [-0.4, -0.2) is 35.6 Å². The largest absolute Gasteiger partial charge is 0.360 e. The van der Waals surface area contributed by atoms with Crippen molar-refractivity contribution in [1.82, 2.24) is 24.6 Å². The van der Waals surface area contributed by atoms with Gasteiger partial charge in [-0.25, -0.2) is 9.97 Å².